The molecule has 0 aromatic heterocycles. The SMILES string of the molecule is C=C(C=O)C1CCN(C)CC1. The Labute approximate surface area is 67.9 Å². The molecule has 1 saturated heterocycles. The molecule has 1 rings (SSSR count). The highest BCUT2D eigenvalue weighted by atomic mass is 16.1. The summed E-state index contributed by atoms with van der Waals surface area (Å²) in [6.45, 7) is 5.92. The molecule has 11 heavy (non-hydrogen) atoms. The smallest absolute Gasteiger partial charge is 0.145 e. The molecule has 0 N–H and O–H groups in total. The summed E-state index contributed by atoms with van der Waals surface area (Å²) in [4.78, 5) is 12.7. The highest BCUT2D eigenvalue weighted by Gasteiger charge is 2.18. The van der Waals surface area contributed by atoms with Gasteiger partial charge < -0.3 is 4.90 Å². The topological polar surface area (TPSA) is 20.3 Å². The van der Waals surface area contributed by atoms with Gasteiger partial charge in [-0.15, -0.1) is 0 Å². The molecule has 1 aliphatic heterocycles. The van der Waals surface area contributed by atoms with Crippen LogP contribution in [-0.2, 0) is 4.79 Å². The van der Waals surface area contributed by atoms with Crippen LogP contribution in [0.1, 0.15) is 12.8 Å². The van der Waals surface area contributed by atoms with Crippen LogP contribution in [0.25, 0.3) is 0 Å². The van der Waals surface area contributed by atoms with Crippen molar-refractivity contribution >= 4 is 6.29 Å². The lowest BCUT2D eigenvalue weighted by molar-refractivity contribution is -0.105. The largest absolute Gasteiger partial charge is 0.306 e. The molecule has 0 saturated carbocycles. The highest BCUT2D eigenvalue weighted by molar-refractivity contribution is 5.72. The summed E-state index contributed by atoms with van der Waals surface area (Å²) in [5.41, 5.74) is 0.776. The summed E-state index contributed by atoms with van der Waals surface area (Å²) in [6.07, 6.45) is 3.08. The number of hydrogen-bond acceptors (Lipinski definition) is 2. The number of piperidine rings is 1. The van der Waals surface area contributed by atoms with Gasteiger partial charge >= 0.3 is 0 Å². The summed E-state index contributed by atoms with van der Waals surface area (Å²) >= 11 is 0. The van der Waals surface area contributed by atoms with Gasteiger partial charge in [-0.1, -0.05) is 6.58 Å². The van der Waals surface area contributed by atoms with Crippen LogP contribution in [0.3, 0.4) is 0 Å². The number of carbonyl (C=O) groups excluding carboxylic acids is 1. The van der Waals surface area contributed by atoms with Crippen LogP contribution in [-0.4, -0.2) is 31.3 Å². The average Bonchev–Trinajstić information content (AvgIpc) is 2.05. The molecule has 0 atom stereocenters. The van der Waals surface area contributed by atoms with Crippen molar-refractivity contribution in [1.82, 2.24) is 4.90 Å². The average molecular weight is 153 g/mol. The number of rotatable bonds is 2. The van der Waals surface area contributed by atoms with E-state index in [1.807, 2.05) is 0 Å². The molecule has 0 amide bonds. The van der Waals surface area contributed by atoms with Gasteiger partial charge in [0.2, 0.25) is 0 Å². The lowest BCUT2D eigenvalue weighted by atomic mass is 9.91. The van der Waals surface area contributed by atoms with Gasteiger partial charge in [-0.3, -0.25) is 4.79 Å². The molecule has 0 aliphatic carbocycles. The first kappa shape index (κ1) is 8.47. The molecule has 1 fully saturated rings. The van der Waals surface area contributed by atoms with Crippen molar-refractivity contribution < 1.29 is 4.79 Å². The van der Waals surface area contributed by atoms with E-state index in [2.05, 4.69) is 18.5 Å². The zero-order valence-corrected chi connectivity index (χ0v) is 7.05. The molecule has 0 aromatic rings. The van der Waals surface area contributed by atoms with Gasteiger partial charge in [-0.25, -0.2) is 0 Å². The molecule has 0 unspecified atom stereocenters. The van der Waals surface area contributed by atoms with E-state index in [4.69, 9.17) is 0 Å². The van der Waals surface area contributed by atoms with E-state index in [1.54, 1.807) is 0 Å². The zero-order valence-electron chi connectivity index (χ0n) is 7.05. The van der Waals surface area contributed by atoms with Crippen molar-refractivity contribution in [1.29, 1.82) is 0 Å². The predicted molar refractivity (Wildman–Crippen MR) is 45.4 cm³/mol. The van der Waals surface area contributed by atoms with Gasteiger partial charge in [0, 0.05) is 0 Å². The summed E-state index contributed by atoms with van der Waals surface area (Å²) in [6, 6.07) is 0. The monoisotopic (exact) mass is 153 g/mol. The lowest BCUT2D eigenvalue weighted by Gasteiger charge is -2.28. The molecular weight excluding hydrogens is 138 g/mol. The van der Waals surface area contributed by atoms with Gasteiger partial charge in [0.05, 0.1) is 0 Å². The standard InChI is InChI=1S/C9H15NO/c1-8(7-11)9-3-5-10(2)6-4-9/h7,9H,1,3-6H2,2H3. The minimum Gasteiger partial charge on any atom is -0.306 e. The molecule has 0 radical (unpaired) electrons. The fraction of sp³-hybridized carbons (Fsp3) is 0.667. The Kier molecular flexibility index (Phi) is 2.83. The zero-order chi connectivity index (χ0) is 8.27. The van der Waals surface area contributed by atoms with Crippen LogP contribution in [0.5, 0.6) is 0 Å². The second-order valence-electron chi connectivity index (χ2n) is 3.27. The predicted octanol–water partition coefficient (Wildman–Crippen LogP) is 1.08. The number of hydrogen-bond donors (Lipinski definition) is 0. The normalized spacial score (nSPS) is 21.5. The number of likely N-dealkylation sites (tertiary alicyclic amines) is 1. The highest BCUT2D eigenvalue weighted by Crippen LogP contribution is 2.21. The van der Waals surface area contributed by atoms with E-state index in [0.717, 1.165) is 37.8 Å². The second kappa shape index (κ2) is 3.67. The van der Waals surface area contributed by atoms with Gasteiger partial charge in [-0.05, 0) is 44.5 Å². The van der Waals surface area contributed by atoms with Crippen LogP contribution >= 0.6 is 0 Å². The third-order valence-corrected chi connectivity index (χ3v) is 2.39. The van der Waals surface area contributed by atoms with Crippen LogP contribution in [0.15, 0.2) is 12.2 Å². The van der Waals surface area contributed by atoms with Crippen molar-refractivity contribution in [2.75, 3.05) is 20.1 Å². The van der Waals surface area contributed by atoms with E-state index >= 15 is 0 Å². The summed E-state index contributed by atoms with van der Waals surface area (Å²) in [5, 5.41) is 0. The van der Waals surface area contributed by atoms with Gasteiger partial charge in [0.1, 0.15) is 6.29 Å². The molecule has 2 nitrogen and oxygen atoms in total. The minimum atomic E-state index is 0.448. The Morgan fingerprint density at radius 1 is 1.55 bits per heavy atom. The van der Waals surface area contributed by atoms with E-state index in [9.17, 15) is 4.79 Å². The van der Waals surface area contributed by atoms with Crippen LogP contribution in [0.4, 0.5) is 0 Å². The quantitative estimate of drug-likeness (QED) is 0.437. The van der Waals surface area contributed by atoms with Crippen molar-refractivity contribution in [3.05, 3.63) is 12.2 Å². The molecule has 0 aromatic carbocycles. The van der Waals surface area contributed by atoms with Crippen molar-refractivity contribution in [2.24, 2.45) is 5.92 Å². The first-order valence-corrected chi connectivity index (χ1v) is 4.06. The molecule has 62 valence electrons. The van der Waals surface area contributed by atoms with Crippen molar-refractivity contribution in [3.8, 4) is 0 Å². The van der Waals surface area contributed by atoms with Gasteiger partial charge in [-0.2, -0.15) is 0 Å². The van der Waals surface area contributed by atoms with Gasteiger partial charge in [0.25, 0.3) is 0 Å². The maximum absolute atomic E-state index is 10.4. The Morgan fingerprint density at radius 2 is 2.09 bits per heavy atom. The molecule has 0 spiro atoms. The van der Waals surface area contributed by atoms with E-state index in [0.29, 0.717) is 5.92 Å². The molecule has 2 heteroatoms. The minimum absolute atomic E-state index is 0.448. The number of nitrogens with zero attached hydrogens (tertiary/aromatic N) is 1. The van der Waals surface area contributed by atoms with E-state index in [1.165, 1.54) is 0 Å². The van der Waals surface area contributed by atoms with E-state index < -0.39 is 0 Å². The Hall–Kier alpha value is -0.630. The first-order chi connectivity index (χ1) is 5.24. The number of allylic oxidation sites excluding steroid dienone is 1. The Bertz CT molecular complexity index is 157. The van der Waals surface area contributed by atoms with Crippen molar-refractivity contribution in [2.45, 2.75) is 12.8 Å². The van der Waals surface area contributed by atoms with Crippen LogP contribution < -0.4 is 0 Å². The molecule has 1 heterocycles. The maximum atomic E-state index is 10.4. The molecule has 1 aliphatic rings. The van der Waals surface area contributed by atoms with E-state index in [-0.39, 0.29) is 0 Å². The summed E-state index contributed by atoms with van der Waals surface area (Å²) in [5.74, 6) is 0.448. The van der Waals surface area contributed by atoms with Crippen LogP contribution in [0, 0.1) is 5.92 Å². The summed E-state index contributed by atoms with van der Waals surface area (Å²) in [7, 11) is 2.11. The number of carbonyl (C=O) groups is 1. The summed E-state index contributed by atoms with van der Waals surface area (Å²) < 4.78 is 0. The van der Waals surface area contributed by atoms with Crippen LogP contribution in [0.2, 0.25) is 0 Å². The lowest BCUT2D eigenvalue weighted by Crippen LogP contribution is -2.30. The van der Waals surface area contributed by atoms with Gasteiger partial charge in [0.15, 0.2) is 0 Å². The third-order valence-electron chi connectivity index (χ3n) is 2.39. The Morgan fingerprint density at radius 3 is 2.55 bits per heavy atom. The maximum Gasteiger partial charge on any atom is 0.145 e. The first-order valence-electron chi connectivity index (χ1n) is 4.06. The fourth-order valence-electron chi connectivity index (χ4n) is 1.48. The second-order valence-corrected chi connectivity index (χ2v) is 3.27. The molecule has 0 bridgehead atoms. The third kappa shape index (κ3) is 2.15. The van der Waals surface area contributed by atoms with Crippen molar-refractivity contribution in [3.63, 3.8) is 0 Å². The molecular formula is C9H15NO. The number of aldehydes is 1. The fourth-order valence-corrected chi connectivity index (χ4v) is 1.48. The Balaban J connectivity index is 2.38.